The third kappa shape index (κ3) is 2.91. The number of halogens is 1. The molecule has 2 saturated heterocycles. The standard InChI is InChI=1S/C16H18ClNO3/c17-12-3-1-11(2-4-12)16(21)18-13-5-6-14(18)8-10(7-13)9-15(19)20/h1-4,10,13-14H,5-9H2,(H,19,20). The van der Waals surface area contributed by atoms with Gasteiger partial charge < -0.3 is 10.0 Å². The fraction of sp³-hybridized carbons (Fsp3) is 0.500. The van der Waals surface area contributed by atoms with Gasteiger partial charge >= 0.3 is 5.97 Å². The zero-order chi connectivity index (χ0) is 15.0. The first-order chi connectivity index (χ1) is 10.0. The third-order valence-electron chi connectivity index (χ3n) is 4.62. The third-order valence-corrected chi connectivity index (χ3v) is 4.87. The molecule has 0 spiro atoms. The average Bonchev–Trinajstić information content (AvgIpc) is 2.70. The zero-order valence-electron chi connectivity index (χ0n) is 11.7. The van der Waals surface area contributed by atoms with E-state index in [0.29, 0.717) is 10.6 Å². The van der Waals surface area contributed by atoms with Crippen molar-refractivity contribution in [3.05, 3.63) is 34.9 Å². The summed E-state index contributed by atoms with van der Waals surface area (Å²) in [5.74, 6) is -0.487. The Bertz CT molecular complexity index is 543. The van der Waals surface area contributed by atoms with Crippen molar-refractivity contribution in [2.24, 2.45) is 5.92 Å². The number of aliphatic carboxylic acids is 1. The summed E-state index contributed by atoms with van der Waals surface area (Å²) in [6.45, 7) is 0. The van der Waals surface area contributed by atoms with Gasteiger partial charge in [0, 0.05) is 29.1 Å². The van der Waals surface area contributed by atoms with Crippen molar-refractivity contribution in [1.82, 2.24) is 4.90 Å². The van der Waals surface area contributed by atoms with Gasteiger partial charge in [-0.05, 0) is 55.9 Å². The first-order valence-corrected chi connectivity index (χ1v) is 7.72. The minimum atomic E-state index is -0.739. The Hall–Kier alpha value is -1.55. The fourth-order valence-corrected chi connectivity index (χ4v) is 3.90. The van der Waals surface area contributed by atoms with Gasteiger partial charge in [-0.15, -0.1) is 0 Å². The second-order valence-electron chi connectivity index (χ2n) is 6.04. The van der Waals surface area contributed by atoms with E-state index >= 15 is 0 Å². The van der Waals surface area contributed by atoms with E-state index in [0.717, 1.165) is 25.7 Å². The number of nitrogens with zero attached hydrogens (tertiary/aromatic N) is 1. The lowest BCUT2D eigenvalue weighted by molar-refractivity contribution is -0.138. The molecular weight excluding hydrogens is 290 g/mol. The summed E-state index contributed by atoms with van der Waals surface area (Å²) >= 11 is 5.86. The number of carbonyl (C=O) groups is 2. The molecule has 112 valence electrons. The van der Waals surface area contributed by atoms with Crippen molar-refractivity contribution in [3.8, 4) is 0 Å². The first-order valence-electron chi connectivity index (χ1n) is 7.34. The summed E-state index contributed by atoms with van der Waals surface area (Å²) < 4.78 is 0. The molecule has 2 fully saturated rings. The van der Waals surface area contributed by atoms with Gasteiger partial charge in [-0.2, -0.15) is 0 Å². The molecule has 4 nitrogen and oxygen atoms in total. The molecule has 1 N–H and O–H groups in total. The second-order valence-corrected chi connectivity index (χ2v) is 6.48. The molecule has 2 bridgehead atoms. The Morgan fingerprint density at radius 1 is 1.14 bits per heavy atom. The summed E-state index contributed by atoms with van der Waals surface area (Å²) in [5.41, 5.74) is 0.660. The van der Waals surface area contributed by atoms with E-state index in [4.69, 9.17) is 16.7 Å². The highest BCUT2D eigenvalue weighted by Gasteiger charge is 2.43. The van der Waals surface area contributed by atoms with E-state index in [1.54, 1.807) is 24.3 Å². The molecule has 0 aliphatic carbocycles. The quantitative estimate of drug-likeness (QED) is 0.933. The Morgan fingerprint density at radius 3 is 2.24 bits per heavy atom. The van der Waals surface area contributed by atoms with Crippen LogP contribution in [0.1, 0.15) is 42.5 Å². The lowest BCUT2D eigenvalue weighted by Gasteiger charge is -2.38. The molecule has 3 rings (SSSR count). The number of carboxylic acids is 1. The fourth-order valence-electron chi connectivity index (χ4n) is 3.78. The predicted octanol–water partition coefficient (Wildman–Crippen LogP) is 3.20. The van der Waals surface area contributed by atoms with Crippen molar-refractivity contribution in [1.29, 1.82) is 0 Å². The molecule has 1 aromatic rings. The molecular formula is C16H18ClNO3. The average molecular weight is 308 g/mol. The van der Waals surface area contributed by atoms with Gasteiger partial charge in [0.15, 0.2) is 0 Å². The van der Waals surface area contributed by atoms with Crippen molar-refractivity contribution in [2.45, 2.75) is 44.2 Å². The van der Waals surface area contributed by atoms with E-state index in [1.165, 1.54) is 0 Å². The number of hydrogen-bond donors (Lipinski definition) is 1. The molecule has 1 amide bonds. The maximum absolute atomic E-state index is 12.7. The van der Waals surface area contributed by atoms with Crippen molar-refractivity contribution >= 4 is 23.5 Å². The van der Waals surface area contributed by atoms with Crippen LogP contribution in [0.2, 0.25) is 5.02 Å². The van der Waals surface area contributed by atoms with E-state index < -0.39 is 5.97 Å². The van der Waals surface area contributed by atoms with Gasteiger partial charge in [0.25, 0.3) is 5.91 Å². The Balaban J connectivity index is 1.74. The molecule has 2 heterocycles. The predicted molar refractivity (Wildman–Crippen MR) is 79.4 cm³/mol. The van der Waals surface area contributed by atoms with Crippen LogP contribution in [0.15, 0.2) is 24.3 Å². The molecule has 2 aliphatic rings. The van der Waals surface area contributed by atoms with Gasteiger partial charge in [-0.3, -0.25) is 9.59 Å². The van der Waals surface area contributed by atoms with Gasteiger partial charge in [-0.1, -0.05) is 11.6 Å². The molecule has 0 aromatic heterocycles. The lowest BCUT2D eigenvalue weighted by Crippen LogP contribution is -2.46. The Kier molecular flexibility index (Phi) is 3.89. The van der Waals surface area contributed by atoms with Gasteiger partial charge in [0.05, 0.1) is 0 Å². The highest BCUT2D eigenvalue weighted by atomic mass is 35.5. The monoisotopic (exact) mass is 307 g/mol. The lowest BCUT2D eigenvalue weighted by atomic mass is 9.88. The number of piperidine rings is 1. The molecule has 2 unspecified atom stereocenters. The molecule has 21 heavy (non-hydrogen) atoms. The summed E-state index contributed by atoms with van der Waals surface area (Å²) in [7, 11) is 0. The number of fused-ring (bicyclic) bond motifs is 2. The molecule has 0 radical (unpaired) electrons. The summed E-state index contributed by atoms with van der Waals surface area (Å²) in [4.78, 5) is 25.5. The van der Waals surface area contributed by atoms with Crippen LogP contribution in [-0.4, -0.2) is 34.0 Å². The molecule has 2 atom stereocenters. The largest absolute Gasteiger partial charge is 0.481 e. The molecule has 1 aromatic carbocycles. The van der Waals surface area contributed by atoms with E-state index in [9.17, 15) is 9.59 Å². The van der Waals surface area contributed by atoms with Crippen LogP contribution in [0.25, 0.3) is 0 Å². The number of amides is 1. The van der Waals surface area contributed by atoms with Crippen molar-refractivity contribution in [3.63, 3.8) is 0 Å². The van der Waals surface area contributed by atoms with Crippen LogP contribution < -0.4 is 0 Å². The number of carboxylic acid groups (broad SMARTS) is 1. The van der Waals surface area contributed by atoms with Crippen LogP contribution in [0, 0.1) is 5.92 Å². The van der Waals surface area contributed by atoms with Crippen LogP contribution in [0.5, 0.6) is 0 Å². The van der Waals surface area contributed by atoms with Crippen molar-refractivity contribution in [2.75, 3.05) is 0 Å². The first kappa shape index (κ1) is 14.4. The number of carbonyl (C=O) groups excluding carboxylic acids is 1. The van der Waals surface area contributed by atoms with Gasteiger partial charge in [-0.25, -0.2) is 0 Å². The van der Waals surface area contributed by atoms with E-state index in [-0.39, 0.29) is 30.3 Å². The van der Waals surface area contributed by atoms with Crippen LogP contribution in [-0.2, 0) is 4.79 Å². The normalized spacial score (nSPS) is 27.7. The molecule has 5 heteroatoms. The Morgan fingerprint density at radius 2 is 1.71 bits per heavy atom. The van der Waals surface area contributed by atoms with Crippen LogP contribution in [0.3, 0.4) is 0 Å². The summed E-state index contributed by atoms with van der Waals surface area (Å²) in [6.07, 6.45) is 3.81. The SMILES string of the molecule is O=C(O)CC1CC2CCC(C1)N2C(=O)c1ccc(Cl)cc1. The van der Waals surface area contributed by atoms with Gasteiger partial charge in [0.2, 0.25) is 0 Å². The Labute approximate surface area is 128 Å². The highest BCUT2D eigenvalue weighted by Crippen LogP contribution is 2.40. The molecule has 2 aliphatic heterocycles. The number of hydrogen-bond acceptors (Lipinski definition) is 2. The zero-order valence-corrected chi connectivity index (χ0v) is 12.4. The second kappa shape index (κ2) is 5.68. The number of benzene rings is 1. The smallest absolute Gasteiger partial charge is 0.303 e. The topological polar surface area (TPSA) is 57.6 Å². The highest BCUT2D eigenvalue weighted by molar-refractivity contribution is 6.30. The molecule has 0 saturated carbocycles. The van der Waals surface area contributed by atoms with Crippen LogP contribution in [0.4, 0.5) is 0 Å². The van der Waals surface area contributed by atoms with Crippen molar-refractivity contribution < 1.29 is 14.7 Å². The minimum absolute atomic E-state index is 0.0490. The van der Waals surface area contributed by atoms with Gasteiger partial charge in [0.1, 0.15) is 0 Å². The summed E-state index contributed by atoms with van der Waals surface area (Å²) in [5, 5.41) is 9.56. The minimum Gasteiger partial charge on any atom is -0.481 e. The van der Waals surface area contributed by atoms with E-state index in [2.05, 4.69) is 0 Å². The van der Waals surface area contributed by atoms with Crippen LogP contribution >= 0.6 is 11.6 Å². The van der Waals surface area contributed by atoms with E-state index in [1.807, 2.05) is 4.90 Å². The maximum atomic E-state index is 12.7. The summed E-state index contributed by atoms with van der Waals surface area (Å²) in [6, 6.07) is 7.36. The number of rotatable bonds is 3. The maximum Gasteiger partial charge on any atom is 0.303 e.